The highest BCUT2D eigenvalue weighted by Crippen LogP contribution is 2.27. The van der Waals surface area contributed by atoms with Crippen LogP contribution in [0.4, 0.5) is 5.69 Å². The van der Waals surface area contributed by atoms with Crippen LogP contribution in [0.2, 0.25) is 0 Å². The molecule has 1 heterocycles. The van der Waals surface area contributed by atoms with Gasteiger partial charge in [0.15, 0.2) is 6.61 Å². The first kappa shape index (κ1) is 23.7. The minimum Gasteiger partial charge on any atom is -0.493 e. The Hall–Kier alpha value is -4.46. The maximum Gasteiger partial charge on any atom is 0.342 e. The summed E-state index contributed by atoms with van der Waals surface area (Å²) < 4.78 is 10.8. The van der Waals surface area contributed by atoms with E-state index in [0.717, 1.165) is 10.5 Å². The molecule has 1 aliphatic heterocycles. The molecule has 8 nitrogen and oxygen atoms in total. The van der Waals surface area contributed by atoms with E-state index in [1.807, 2.05) is 19.1 Å². The Kier molecular flexibility index (Phi) is 6.91. The lowest BCUT2D eigenvalue weighted by Crippen LogP contribution is -2.29. The molecule has 4 rings (SSSR count). The molecule has 0 spiro atoms. The highest BCUT2D eigenvalue weighted by Gasteiger charge is 2.35. The van der Waals surface area contributed by atoms with Crippen LogP contribution in [0, 0.1) is 6.92 Å². The Balaban J connectivity index is 1.47. The Labute approximate surface area is 202 Å². The third-order valence-corrected chi connectivity index (χ3v) is 5.42. The van der Waals surface area contributed by atoms with Gasteiger partial charge in [-0.15, -0.1) is 0 Å². The predicted octanol–water partition coefficient (Wildman–Crippen LogP) is 3.99. The van der Waals surface area contributed by atoms with E-state index in [9.17, 15) is 19.2 Å². The van der Waals surface area contributed by atoms with Crippen molar-refractivity contribution in [3.8, 4) is 5.75 Å². The van der Waals surface area contributed by atoms with Crippen LogP contribution in [0.3, 0.4) is 0 Å². The Bertz CT molecular complexity index is 1280. The van der Waals surface area contributed by atoms with Gasteiger partial charge in [-0.25, -0.2) is 4.79 Å². The molecule has 1 aliphatic rings. The van der Waals surface area contributed by atoms with Crippen molar-refractivity contribution in [2.45, 2.75) is 20.4 Å². The van der Waals surface area contributed by atoms with Gasteiger partial charge < -0.3 is 14.8 Å². The molecule has 8 heteroatoms. The molecule has 0 fully saturated rings. The van der Waals surface area contributed by atoms with Crippen molar-refractivity contribution in [2.24, 2.45) is 0 Å². The first-order chi connectivity index (χ1) is 16.9. The fourth-order valence-electron chi connectivity index (χ4n) is 3.81. The lowest BCUT2D eigenvalue weighted by molar-refractivity contribution is -0.119. The van der Waals surface area contributed by atoms with E-state index in [-0.39, 0.29) is 17.9 Å². The standard InChI is InChI=1S/C27H24N2O6/c1-3-34-23-12-11-18(15-29-25(31)20-9-4-5-10-21(20)26(29)32)14-22(23)27(33)35-16-24(30)28-19-8-6-7-17(2)13-19/h4-14H,3,15-16H2,1-2H3,(H,28,30). The number of fused-ring (bicyclic) bond motifs is 1. The zero-order chi connectivity index (χ0) is 24.9. The number of nitrogens with zero attached hydrogens (tertiary/aromatic N) is 1. The number of carbonyl (C=O) groups is 4. The SMILES string of the molecule is CCOc1ccc(CN2C(=O)c3ccccc3C2=O)cc1C(=O)OCC(=O)Nc1cccc(C)c1. The molecular weight excluding hydrogens is 448 g/mol. The van der Waals surface area contributed by atoms with Crippen molar-refractivity contribution in [3.05, 3.63) is 94.5 Å². The van der Waals surface area contributed by atoms with Gasteiger partial charge in [-0.2, -0.15) is 0 Å². The monoisotopic (exact) mass is 472 g/mol. The average molecular weight is 472 g/mol. The van der Waals surface area contributed by atoms with E-state index in [2.05, 4.69) is 5.32 Å². The number of anilines is 1. The molecule has 0 saturated heterocycles. The number of benzene rings is 3. The van der Waals surface area contributed by atoms with Gasteiger partial charge in [0.05, 0.1) is 24.3 Å². The van der Waals surface area contributed by atoms with Crippen LogP contribution in [-0.4, -0.2) is 41.8 Å². The van der Waals surface area contributed by atoms with E-state index in [4.69, 9.17) is 9.47 Å². The van der Waals surface area contributed by atoms with Crippen LogP contribution in [-0.2, 0) is 16.1 Å². The van der Waals surface area contributed by atoms with Crippen molar-refractivity contribution >= 4 is 29.4 Å². The van der Waals surface area contributed by atoms with Gasteiger partial charge in [0.2, 0.25) is 0 Å². The molecule has 0 aromatic heterocycles. The Morgan fingerprint density at radius 2 is 1.63 bits per heavy atom. The molecule has 3 aromatic rings. The molecule has 3 amide bonds. The zero-order valence-electron chi connectivity index (χ0n) is 19.4. The fourth-order valence-corrected chi connectivity index (χ4v) is 3.81. The summed E-state index contributed by atoms with van der Waals surface area (Å²) in [6, 6.07) is 18.6. The number of carbonyl (C=O) groups excluding carboxylic acids is 4. The normalized spacial score (nSPS) is 12.3. The second-order valence-corrected chi connectivity index (χ2v) is 8.00. The number of amides is 3. The quantitative estimate of drug-likeness (QED) is 0.393. The van der Waals surface area contributed by atoms with Gasteiger partial charge in [-0.3, -0.25) is 19.3 Å². The van der Waals surface area contributed by atoms with Gasteiger partial charge in [-0.05, 0) is 61.4 Å². The number of nitrogens with one attached hydrogen (secondary N) is 1. The number of ether oxygens (including phenoxy) is 2. The average Bonchev–Trinajstić information content (AvgIpc) is 3.08. The van der Waals surface area contributed by atoms with Crippen LogP contribution in [0.1, 0.15) is 49.1 Å². The van der Waals surface area contributed by atoms with Crippen molar-refractivity contribution < 1.29 is 28.7 Å². The van der Waals surface area contributed by atoms with Gasteiger partial charge in [0.1, 0.15) is 11.3 Å². The number of hydrogen-bond acceptors (Lipinski definition) is 6. The summed E-state index contributed by atoms with van der Waals surface area (Å²) in [6.07, 6.45) is 0. The number of aryl methyl sites for hydroxylation is 1. The van der Waals surface area contributed by atoms with Crippen LogP contribution >= 0.6 is 0 Å². The second kappa shape index (κ2) is 10.2. The van der Waals surface area contributed by atoms with Crippen molar-refractivity contribution in [3.63, 3.8) is 0 Å². The number of rotatable bonds is 8. The minimum atomic E-state index is -0.753. The third kappa shape index (κ3) is 5.22. The summed E-state index contributed by atoms with van der Waals surface area (Å²) in [6.45, 7) is 3.48. The van der Waals surface area contributed by atoms with E-state index < -0.39 is 30.3 Å². The van der Waals surface area contributed by atoms with Crippen molar-refractivity contribution in [1.29, 1.82) is 0 Å². The van der Waals surface area contributed by atoms with E-state index in [1.165, 1.54) is 6.07 Å². The van der Waals surface area contributed by atoms with Gasteiger partial charge in [0, 0.05) is 5.69 Å². The lowest BCUT2D eigenvalue weighted by atomic mass is 10.1. The first-order valence-corrected chi connectivity index (χ1v) is 11.1. The number of esters is 1. The molecule has 0 saturated carbocycles. The van der Waals surface area contributed by atoms with Gasteiger partial charge >= 0.3 is 5.97 Å². The maximum absolute atomic E-state index is 12.8. The van der Waals surface area contributed by atoms with E-state index >= 15 is 0 Å². The van der Waals surface area contributed by atoms with Crippen LogP contribution in [0.25, 0.3) is 0 Å². The minimum absolute atomic E-state index is 0.0210. The molecule has 3 aromatic carbocycles. The molecule has 0 unspecified atom stereocenters. The molecule has 0 aliphatic carbocycles. The summed E-state index contributed by atoms with van der Waals surface area (Å²) in [5.41, 5.74) is 2.92. The van der Waals surface area contributed by atoms with Crippen LogP contribution < -0.4 is 10.1 Å². The number of hydrogen-bond donors (Lipinski definition) is 1. The number of imide groups is 1. The van der Waals surface area contributed by atoms with Crippen LogP contribution in [0.15, 0.2) is 66.7 Å². The topological polar surface area (TPSA) is 102 Å². The summed E-state index contributed by atoms with van der Waals surface area (Å²) in [5, 5.41) is 2.68. The second-order valence-electron chi connectivity index (χ2n) is 8.00. The molecule has 1 N–H and O–H groups in total. The maximum atomic E-state index is 12.8. The largest absolute Gasteiger partial charge is 0.493 e. The summed E-state index contributed by atoms with van der Waals surface area (Å²) in [5.74, 6) is -1.74. The Morgan fingerprint density at radius 3 is 2.29 bits per heavy atom. The summed E-state index contributed by atoms with van der Waals surface area (Å²) in [4.78, 5) is 51.6. The highest BCUT2D eigenvalue weighted by atomic mass is 16.5. The molecule has 35 heavy (non-hydrogen) atoms. The van der Waals surface area contributed by atoms with E-state index in [1.54, 1.807) is 55.5 Å². The molecular formula is C27H24N2O6. The highest BCUT2D eigenvalue weighted by molar-refractivity contribution is 6.21. The van der Waals surface area contributed by atoms with Crippen LogP contribution in [0.5, 0.6) is 5.75 Å². The molecule has 0 atom stereocenters. The summed E-state index contributed by atoms with van der Waals surface area (Å²) in [7, 11) is 0. The smallest absolute Gasteiger partial charge is 0.342 e. The molecule has 0 bridgehead atoms. The molecule has 178 valence electrons. The van der Waals surface area contributed by atoms with Gasteiger partial charge in [0.25, 0.3) is 17.7 Å². The van der Waals surface area contributed by atoms with Crippen molar-refractivity contribution in [1.82, 2.24) is 4.90 Å². The molecule has 0 radical (unpaired) electrons. The summed E-state index contributed by atoms with van der Waals surface area (Å²) >= 11 is 0. The Morgan fingerprint density at radius 1 is 0.914 bits per heavy atom. The third-order valence-electron chi connectivity index (χ3n) is 5.42. The zero-order valence-corrected chi connectivity index (χ0v) is 19.4. The first-order valence-electron chi connectivity index (χ1n) is 11.1. The fraction of sp³-hybridized carbons (Fsp3) is 0.185. The van der Waals surface area contributed by atoms with Crippen molar-refractivity contribution in [2.75, 3.05) is 18.5 Å². The van der Waals surface area contributed by atoms with E-state index in [0.29, 0.717) is 29.0 Å². The predicted molar refractivity (Wildman–Crippen MR) is 128 cm³/mol. The van der Waals surface area contributed by atoms with Gasteiger partial charge in [-0.1, -0.05) is 30.3 Å². The lowest BCUT2D eigenvalue weighted by Gasteiger charge is -2.16.